The lowest BCUT2D eigenvalue weighted by Gasteiger charge is -2.03. The summed E-state index contributed by atoms with van der Waals surface area (Å²) in [7, 11) is 0. The van der Waals surface area contributed by atoms with Gasteiger partial charge in [-0.1, -0.05) is 36.8 Å². The summed E-state index contributed by atoms with van der Waals surface area (Å²) in [5, 5.41) is 3.17. The Morgan fingerprint density at radius 3 is 2.65 bits per heavy atom. The summed E-state index contributed by atoms with van der Waals surface area (Å²) >= 11 is 0. The summed E-state index contributed by atoms with van der Waals surface area (Å²) in [4.78, 5) is 12.0. The lowest BCUT2D eigenvalue weighted by molar-refractivity contribution is 0.652. The van der Waals surface area contributed by atoms with Crippen LogP contribution in [0.2, 0.25) is 0 Å². The van der Waals surface area contributed by atoms with Crippen molar-refractivity contribution < 1.29 is 0 Å². The van der Waals surface area contributed by atoms with E-state index in [1.165, 1.54) is 5.56 Å². The summed E-state index contributed by atoms with van der Waals surface area (Å²) in [6.07, 6.45) is 0.863. The molecular formula is C14H18N2O. The van der Waals surface area contributed by atoms with E-state index in [0.29, 0.717) is 6.54 Å². The molecule has 1 aromatic carbocycles. The molecule has 1 aromatic heterocycles. The number of aromatic nitrogens is 2. The standard InChI is InChI=1S/C14H18N2O/c1-4-13-11(3)14(17)16(15-13)9-12-7-5-6-10(2)8-12/h5-8,15H,4,9H2,1-3H3. The van der Waals surface area contributed by atoms with Gasteiger partial charge in [0.1, 0.15) is 0 Å². The first kappa shape index (κ1) is 11.7. The highest BCUT2D eigenvalue weighted by Crippen LogP contribution is 2.06. The summed E-state index contributed by atoms with van der Waals surface area (Å²) in [5.74, 6) is 0. The largest absolute Gasteiger partial charge is 0.299 e. The number of H-pyrrole nitrogens is 1. The first-order valence-corrected chi connectivity index (χ1v) is 5.95. The zero-order chi connectivity index (χ0) is 12.4. The minimum absolute atomic E-state index is 0.0864. The van der Waals surface area contributed by atoms with Crippen molar-refractivity contribution in [2.45, 2.75) is 33.7 Å². The number of aryl methyl sites for hydroxylation is 2. The maximum Gasteiger partial charge on any atom is 0.269 e. The Morgan fingerprint density at radius 1 is 1.29 bits per heavy atom. The molecule has 0 saturated carbocycles. The maximum atomic E-state index is 12.0. The van der Waals surface area contributed by atoms with Gasteiger partial charge in [-0.15, -0.1) is 0 Å². The molecule has 0 unspecified atom stereocenters. The van der Waals surface area contributed by atoms with E-state index in [-0.39, 0.29) is 5.56 Å². The smallest absolute Gasteiger partial charge is 0.269 e. The third kappa shape index (κ3) is 2.33. The Bertz CT molecular complexity index is 578. The van der Waals surface area contributed by atoms with Gasteiger partial charge >= 0.3 is 0 Å². The van der Waals surface area contributed by atoms with Gasteiger partial charge in [0.05, 0.1) is 6.54 Å². The fourth-order valence-corrected chi connectivity index (χ4v) is 2.08. The first-order valence-electron chi connectivity index (χ1n) is 5.95. The van der Waals surface area contributed by atoms with Crippen molar-refractivity contribution in [1.29, 1.82) is 0 Å². The molecule has 0 amide bonds. The number of hydrogen-bond acceptors (Lipinski definition) is 1. The molecule has 90 valence electrons. The van der Waals surface area contributed by atoms with E-state index in [2.05, 4.69) is 31.1 Å². The van der Waals surface area contributed by atoms with E-state index in [0.717, 1.165) is 23.2 Å². The predicted molar refractivity (Wildman–Crippen MR) is 69.4 cm³/mol. The van der Waals surface area contributed by atoms with Crippen LogP contribution in [0.15, 0.2) is 29.1 Å². The predicted octanol–water partition coefficient (Wildman–Crippen LogP) is 2.40. The molecule has 0 aliphatic heterocycles. The minimum atomic E-state index is 0.0864. The van der Waals surface area contributed by atoms with Gasteiger partial charge in [0.15, 0.2) is 0 Å². The van der Waals surface area contributed by atoms with Gasteiger partial charge in [-0.3, -0.25) is 9.89 Å². The Kier molecular flexibility index (Phi) is 3.18. The molecule has 0 aliphatic carbocycles. The number of benzene rings is 1. The molecular weight excluding hydrogens is 212 g/mol. The first-order chi connectivity index (χ1) is 8.11. The summed E-state index contributed by atoms with van der Waals surface area (Å²) in [5.41, 5.74) is 4.32. The molecule has 3 heteroatoms. The van der Waals surface area contributed by atoms with Gasteiger partial charge in [0.25, 0.3) is 5.56 Å². The molecule has 0 saturated heterocycles. The topological polar surface area (TPSA) is 37.8 Å². The normalized spacial score (nSPS) is 10.8. The van der Waals surface area contributed by atoms with Crippen LogP contribution in [0.4, 0.5) is 0 Å². The number of hydrogen-bond donors (Lipinski definition) is 1. The van der Waals surface area contributed by atoms with Crippen molar-refractivity contribution >= 4 is 0 Å². The van der Waals surface area contributed by atoms with Gasteiger partial charge in [0, 0.05) is 11.3 Å². The highest BCUT2D eigenvalue weighted by molar-refractivity contribution is 5.23. The molecule has 2 rings (SSSR count). The van der Waals surface area contributed by atoms with Gasteiger partial charge < -0.3 is 0 Å². The van der Waals surface area contributed by atoms with Crippen molar-refractivity contribution in [2.75, 3.05) is 0 Å². The van der Waals surface area contributed by atoms with Crippen LogP contribution in [-0.2, 0) is 13.0 Å². The SMILES string of the molecule is CCc1[nH]n(Cc2cccc(C)c2)c(=O)c1C. The van der Waals surface area contributed by atoms with E-state index in [9.17, 15) is 4.79 Å². The summed E-state index contributed by atoms with van der Waals surface area (Å²) in [6.45, 7) is 6.60. The van der Waals surface area contributed by atoms with Crippen LogP contribution < -0.4 is 5.56 Å². The summed E-state index contributed by atoms with van der Waals surface area (Å²) < 4.78 is 1.68. The van der Waals surface area contributed by atoms with E-state index in [1.807, 2.05) is 19.1 Å². The molecule has 0 spiro atoms. The third-order valence-electron chi connectivity index (χ3n) is 3.07. The van der Waals surface area contributed by atoms with E-state index in [4.69, 9.17) is 0 Å². The fraction of sp³-hybridized carbons (Fsp3) is 0.357. The van der Waals surface area contributed by atoms with Crippen molar-refractivity contribution in [1.82, 2.24) is 9.78 Å². The van der Waals surface area contributed by atoms with Crippen LogP contribution >= 0.6 is 0 Å². The molecule has 0 aliphatic rings. The highest BCUT2D eigenvalue weighted by Gasteiger charge is 2.08. The Morgan fingerprint density at radius 2 is 2.06 bits per heavy atom. The summed E-state index contributed by atoms with van der Waals surface area (Å²) in [6, 6.07) is 8.23. The average molecular weight is 230 g/mol. The van der Waals surface area contributed by atoms with Crippen LogP contribution in [0.3, 0.4) is 0 Å². The second-order valence-electron chi connectivity index (χ2n) is 4.45. The lowest BCUT2D eigenvalue weighted by atomic mass is 10.1. The van der Waals surface area contributed by atoms with Gasteiger partial charge in [0.2, 0.25) is 0 Å². The van der Waals surface area contributed by atoms with E-state index < -0.39 is 0 Å². The third-order valence-corrected chi connectivity index (χ3v) is 3.07. The quantitative estimate of drug-likeness (QED) is 0.863. The molecule has 3 nitrogen and oxygen atoms in total. The van der Waals surface area contributed by atoms with Crippen LogP contribution in [0.1, 0.15) is 29.3 Å². The van der Waals surface area contributed by atoms with E-state index >= 15 is 0 Å². The van der Waals surface area contributed by atoms with Crippen LogP contribution in [0.5, 0.6) is 0 Å². The minimum Gasteiger partial charge on any atom is -0.299 e. The number of aromatic amines is 1. The van der Waals surface area contributed by atoms with Crippen LogP contribution in [-0.4, -0.2) is 9.78 Å². The molecule has 2 aromatic rings. The molecule has 0 fully saturated rings. The monoisotopic (exact) mass is 230 g/mol. The zero-order valence-electron chi connectivity index (χ0n) is 10.6. The number of rotatable bonds is 3. The van der Waals surface area contributed by atoms with Crippen molar-refractivity contribution in [3.8, 4) is 0 Å². The maximum absolute atomic E-state index is 12.0. The van der Waals surface area contributed by atoms with E-state index in [1.54, 1.807) is 4.68 Å². The van der Waals surface area contributed by atoms with Gasteiger partial charge in [-0.25, -0.2) is 4.68 Å². The van der Waals surface area contributed by atoms with Crippen LogP contribution in [0, 0.1) is 13.8 Å². The van der Waals surface area contributed by atoms with Gasteiger partial charge in [-0.05, 0) is 25.8 Å². The second-order valence-corrected chi connectivity index (χ2v) is 4.45. The fourth-order valence-electron chi connectivity index (χ4n) is 2.08. The zero-order valence-corrected chi connectivity index (χ0v) is 10.6. The average Bonchev–Trinajstić information content (AvgIpc) is 2.57. The molecule has 1 N–H and O–H groups in total. The molecule has 0 radical (unpaired) electrons. The number of nitrogens with one attached hydrogen (secondary N) is 1. The van der Waals surface area contributed by atoms with Crippen LogP contribution in [0.25, 0.3) is 0 Å². The van der Waals surface area contributed by atoms with Gasteiger partial charge in [-0.2, -0.15) is 0 Å². The Labute approximate surface area is 101 Å². The van der Waals surface area contributed by atoms with Crippen molar-refractivity contribution in [2.24, 2.45) is 0 Å². The second kappa shape index (κ2) is 4.62. The molecule has 0 bridgehead atoms. The molecule has 17 heavy (non-hydrogen) atoms. The van der Waals surface area contributed by atoms with Crippen molar-refractivity contribution in [3.05, 3.63) is 57.0 Å². The number of nitrogens with zero attached hydrogens (tertiary/aromatic N) is 1. The Balaban J connectivity index is 2.34. The molecule has 1 heterocycles. The van der Waals surface area contributed by atoms with Crippen molar-refractivity contribution in [3.63, 3.8) is 0 Å². The highest BCUT2D eigenvalue weighted by atomic mass is 16.1. The Hall–Kier alpha value is -1.77. The lowest BCUT2D eigenvalue weighted by Crippen LogP contribution is -2.18. The molecule has 0 atom stereocenters.